The van der Waals surface area contributed by atoms with E-state index in [9.17, 15) is 0 Å². The van der Waals surface area contributed by atoms with Gasteiger partial charge in [-0.05, 0) is 30.0 Å². The van der Waals surface area contributed by atoms with Gasteiger partial charge >= 0.3 is 0 Å². The van der Waals surface area contributed by atoms with Gasteiger partial charge in [-0.3, -0.25) is 16.3 Å². The molecule has 1 fully saturated rings. The summed E-state index contributed by atoms with van der Waals surface area (Å²) in [5, 5.41) is 1.22. The number of benzene rings is 1. The van der Waals surface area contributed by atoms with E-state index in [4.69, 9.17) is 5.84 Å². The summed E-state index contributed by atoms with van der Waals surface area (Å²) in [6.45, 7) is 0. The Morgan fingerprint density at radius 2 is 2.00 bits per heavy atom. The highest BCUT2D eigenvalue weighted by molar-refractivity contribution is 5.82. The van der Waals surface area contributed by atoms with Crippen molar-refractivity contribution < 1.29 is 0 Å². The number of fused-ring (bicyclic) bond motifs is 1. The van der Waals surface area contributed by atoms with Crippen LogP contribution in [0.2, 0.25) is 0 Å². The molecule has 3 nitrogen and oxygen atoms in total. The van der Waals surface area contributed by atoms with Crippen molar-refractivity contribution in [2.75, 3.05) is 0 Å². The Morgan fingerprint density at radius 3 is 2.80 bits per heavy atom. The van der Waals surface area contributed by atoms with Crippen molar-refractivity contribution >= 4 is 10.9 Å². The summed E-state index contributed by atoms with van der Waals surface area (Å²) in [7, 11) is 0. The predicted octanol–water partition coefficient (Wildman–Crippen LogP) is 3.71. The van der Waals surface area contributed by atoms with E-state index >= 15 is 0 Å². The quantitative estimate of drug-likeness (QED) is 0.657. The molecule has 0 amide bonds. The van der Waals surface area contributed by atoms with Gasteiger partial charge in [0, 0.05) is 17.6 Å². The topological polar surface area (TPSA) is 50.9 Å². The van der Waals surface area contributed by atoms with Crippen LogP contribution in [0, 0.1) is 5.92 Å². The van der Waals surface area contributed by atoms with Gasteiger partial charge in [-0.25, -0.2) is 0 Å². The molecule has 0 aliphatic heterocycles. The maximum atomic E-state index is 5.84. The van der Waals surface area contributed by atoms with Crippen LogP contribution in [-0.4, -0.2) is 4.98 Å². The molecule has 1 aliphatic carbocycles. The van der Waals surface area contributed by atoms with Crippen LogP contribution in [0.4, 0.5) is 0 Å². The number of nitrogens with zero attached hydrogens (tertiary/aromatic N) is 1. The van der Waals surface area contributed by atoms with Crippen molar-refractivity contribution in [2.45, 2.75) is 44.6 Å². The first-order chi connectivity index (χ1) is 9.88. The maximum Gasteiger partial charge on any atom is 0.0705 e. The molecule has 1 atom stereocenters. The Kier molecular flexibility index (Phi) is 4.28. The minimum absolute atomic E-state index is 0.228. The highest BCUT2D eigenvalue weighted by Crippen LogP contribution is 2.33. The summed E-state index contributed by atoms with van der Waals surface area (Å²) in [5.41, 5.74) is 5.36. The first-order valence-electron chi connectivity index (χ1n) is 7.68. The Balaban J connectivity index is 1.86. The van der Waals surface area contributed by atoms with E-state index < -0.39 is 0 Å². The Hall–Kier alpha value is -1.45. The van der Waals surface area contributed by atoms with Crippen molar-refractivity contribution in [3.8, 4) is 0 Å². The highest BCUT2D eigenvalue weighted by Gasteiger charge is 2.20. The molecule has 1 aliphatic rings. The largest absolute Gasteiger partial charge is 0.271 e. The maximum absolute atomic E-state index is 5.84. The van der Waals surface area contributed by atoms with Crippen LogP contribution in [0.3, 0.4) is 0 Å². The zero-order valence-corrected chi connectivity index (χ0v) is 11.9. The minimum atomic E-state index is 0.228. The fourth-order valence-corrected chi connectivity index (χ4v) is 3.47. The summed E-state index contributed by atoms with van der Waals surface area (Å²) in [5.74, 6) is 6.65. The molecule has 1 aromatic carbocycles. The van der Waals surface area contributed by atoms with Gasteiger partial charge in [0.25, 0.3) is 0 Å². The summed E-state index contributed by atoms with van der Waals surface area (Å²) >= 11 is 0. The summed E-state index contributed by atoms with van der Waals surface area (Å²) in [6, 6.07) is 10.7. The van der Waals surface area contributed by atoms with E-state index in [-0.39, 0.29) is 6.04 Å². The van der Waals surface area contributed by atoms with Crippen molar-refractivity contribution in [1.82, 2.24) is 10.4 Å². The third kappa shape index (κ3) is 2.84. The molecule has 1 aromatic heterocycles. The van der Waals surface area contributed by atoms with Gasteiger partial charge in [0.1, 0.15) is 0 Å². The van der Waals surface area contributed by atoms with Gasteiger partial charge in [0.05, 0.1) is 5.52 Å². The third-order valence-corrected chi connectivity index (χ3v) is 4.55. The third-order valence-electron chi connectivity index (χ3n) is 4.55. The van der Waals surface area contributed by atoms with Gasteiger partial charge in [-0.2, -0.15) is 0 Å². The first-order valence-corrected chi connectivity index (χ1v) is 7.68. The van der Waals surface area contributed by atoms with Gasteiger partial charge < -0.3 is 0 Å². The van der Waals surface area contributed by atoms with Crippen molar-refractivity contribution in [3.63, 3.8) is 0 Å². The number of hydrogen-bond acceptors (Lipinski definition) is 3. The Morgan fingerprint density at radius 1 is 1.15 bits per heavy atom. The zero-order valence-electron chi connectivity index (χ0n) is 11.9. The normalized spacial score (nSPS) is 18.2. The molecule has 1 saturated carbocycles. The lowest BCUT2D eigenvalue weighted by atomic mass is 9.83. The van der Waals surface area contributed by atoms with Crippen LogP contribution < -0.4 is 11.3 Å². The van der Waals surface area contributed by atoms with E-state index in [2.05, 4.69) is 34.7 Å². The highest BCUT2D eigenvalue weighted by atomic mass is 15.2. The Bertz CT molecular complexity index is 556. The van der Waals surface area contributed by atoms with E-state index in [1.54, 1.807) is 0 Å². The second-order valence-electron chi connectivity index (χ2n) is 5.88. The monoisotopic (exact) mass is 269 g/mol. The second-order valence-corrected chi connectivity index (χ2v) is 5.88. The molecule has 0 bridgehead atoms. The smallest absolute Gasteiger partial charge is 0.0705 e. The van der Waals surface area contributed by atoms with Gasteiger partial charge in [-0.1, -0.05) is 50.3 Å². The van der Waals surface area contributed by atoms with Crippen molar-refractivity contribution in [2.24, 2.45) is 11.8 Å². The Labute approximate surface area is 120 Å². The van der Waals surface area contributed by atoms with Crippen LogP contribution >= 0.6 is 0 Å². The van der Waals surface area contributed by atoms with Crippen LogP contribution in [-0.2, 0) is 0 Å². The van der Waals surface area contributed by atoms with E-state index in [0.29, 0.717) is 0 Å². The fourth-order valence-electron chi connectivity index (χ4n) is 3.47. The number of pyridine rings is 1. The molecule has 1 unspecified atom stereocenters. The average molecular weight is 269 g/mol. The number of nitrogens with two attached hydrogens (primary N) is 1. The standard InChI is InChI=1S/C17H23N3/c18-20-17(12-13-6-2-1-3-7-13)15-8-4-10-16-14(15)9-5-11-19-16/h4-5,8-11,13,17,20H,1-3,6-7,12,18H2. The number of rotatable bonds is 4. The van der Waals surface area contributed by atoms with Crippen molar-refractivity contribution in [1.29, 1.82) is 0 Å². The van der Waals surface area contributed by atoms with Crippen LogP contribution in [0.5, 0.6) is 0 Å². The molecule has 2 aromatic rings. The average Bonchev–Trinajstić information content (AvgIpc) is 2.53. The predicted molar refractivity (Wildman–Crippen MR) is 83.0 cm³/mol. The number of hydrazine groups is 1. The lowest BCUT2D eigenvalue weighted by molar-refractivity contribution is 0.302. The molecule has 20 heavy (non-hydrogen) atoms. The molecular formula is C17H23N3. The first kappa shape index (κ1) is 13.5. The second kappa shape index (κ2) is 6.33. The van der Waals surface area contributed by atoms with E-state index in [0.717, 1.165) is 17.9 Å². The molecule has 0 spiro atoms. The lowest BCUT2D eigenvalue weighted by Gasteiger charge is -2.27. The summed E-state index contributed by atoms with van der Waals surface area (Å²) in [6.07, 6.45) is 9.82. The number of nitrogens with one attached hydrogen (secondary N) is 1. The lowest BCUT2D eigenvalue weighted by Crippen LogP contribution is -2.30. The van der Waals surface area contributed by atoms with Crippen LogP contribution in [0.25, 0.3) is 10.9 Å². The van der Waals surface area contributed by atoms with Crippen LogP contribution in [0.15, 0.2) is 36.5 Å². The van der Waals surface area contributed by atoms with Crippen molar-refractivity contribution in [3.05, 3.63) is 42.1 Å². The molecule has 0 radical (unpaired) electrons. The van der Waals surface area contributed by atoms with E-state index in [1.807, 2.05) is 12.3 Å². The molecular weight excluding hydrogens is 246 g/mol. The minimum Gasteiger partial charge on any atom is -0.271 e. The summed E-state index contributed by atoms with van der Waals surface area (Å²) in [4.78, 5) is 4.44. The number of aromatic nitrogens is 1. The van der Waals surface area contributed by atoms with Gasteiger partial charge in [-0.15, -0.1) is 0 Å². The van der Waals surface area contributed by atoms with Gasteiger partial charge in [0.15, 0.2) is 0 Å². The molecule has 0 saturated heterocycles. The zero-order chi connectivity index (χ0) is 13.8. The van der Waals surface area contributed by atoms with Gasteiger partial charge in [0.2, 0.25) is 0 Å². The SMILES string of the molecule is NNC(CC1CCCCC1)c1cccc2ncccc12. The molecule has 3 N–H and O–H groups in total. The molecule has 106 valence electrons. The van der Waals surface area contributed by atoms with Crippen LogP contribution in [0.1, 0.15) is 50.1 Å². The van der Waals surface area contributed by atoms with E-state index in [1.165, 1.54) is 43.1 Å². The summed E-state index contributed by atoms with van der Waals surface area (Å²) < 4.78 is 0. The molecule has 1 heterocycles. The molecule has 3 heteroatoms. The molecule has 3 rings (SSSR count). The number of hydrogen-bond donors (Lipinski definition) is 2. The fraction of sp³-hybridized carbons (Fsp3) is 0.471.